The highest BCUT2D eigenvalue weighted by Gasteiger charge is 2.10. The number of hydrogen-bond donors (Lipinski definition) is 0. The van der Waals surface area contributed by atoms with Crippen LogP contribution in [0.3, 0.4) is 0 Å². The Hall–Kier alpha value is -2.87. The summed E-state index contributed by atoms with van der Waals surface area (Å²) >= 11 is 0. The SMILES string of the molecule is CCCCCCCCc1ccc(-c2ccc(C(=O)Oc3ccc(C[C@@H](C)CC)cc3)cc2)cc1. The van der Waals surface area contributed by atoms with Crippen molar-refractivity contribution < 1.29 is 9.53 Å². The fourth-order valence-corrected chi connectivity index (χ4v) is 4.18. The van der Waals surface area contributed by atoms with Crippen LogP contribution in [0.15, 0.2) is 72.8 Å². The lowest BCUT2D eigenvalue weighted by molar-refractivity contribution is 0.0734. The predicted molar refractivity (Wildman–Crippen MR) is 144 cm³/mol. The summed E-state index contributed by atoms with van der Waals surface area (Å²) in [6, 6.07) is 24.4. The molecule has 3 aromatic rings. The van der Waals surface area contributed by atoms with Gasteiger partial charge >= 0.3 is 5.97 Å². The Bertz CT molecular complexity index is 985. The van der Waals surface area contributed by atoms with E-state index in [1.54, 1.807) is 0 Å². The molecule has 2 nitrogen and oxygen atoms in total. The Balaban J connectivity index is 1.50. The second kappa shape index (κ2) is 13.7. The molecule has 0 bridgehead atoms. The monoisotopic (exact) mass is 456 g/mol. The van der Waals surface area contributed by atoms with Crippen LogP contribution >= 0.6 is 0 Å². The highest BCUT2D eigenvalue weighted by molar-refractivity contribution is 5.91. The first kappa shape index (κ1) is 25.7. The molecule has 0 N–H and O–H groups in total. The molecule has 0 heterocycles. The van der Waals surface area contributed by atoms with Gasteiger partial charge in [0.25, 0.3) is 0 Å². The highest BCUT2D eigenvalue weighted by Crippen LogP contribution is 2.23. The Morgan fingerprint density at radius 1 is 0.706 bits per heavy atom. The van der Waals surface area contributed by atoms with Crippen LogP contribution in [0, 0.1) is 5.92 Å². The van der Waals surface area contributed by atoms with Gasteiger partial charge in [-0.25, -0.2) is 4.79 Å². The number of unbranched alkanes of at least 4 members (excludes halogenated alkanes) is 5. The Morgan fingerprint density at radius 2 is 1.26 bits per heavy atom. The van der Waals surface area contributed by atoms with Crippen molar-refractivity contribution in [1.29, 1.82) is 0 Å². The first-order valence-electron chi connectivity index (χ1n) is 13.1. The van der Waals surface area contributed by atoms with Crippen LogP contribution in [0.1, 0.15) is 87.2 Å². The molecule has 0 spiro atoms. The van der Waals surface area contributed by atoms with Crippen LogP contribution in [0.5, 0.6) is 5.75 Å². The van der Waals surface area contributed by atoms with E-state index in [2.05, 4.69) is 45.0 Å². The van der Waals surface area contributed by atoms with E-state index in [9.17, 15) is 4.79 Å². The predicted octanol–water partition coefficient (Wildman–Crippen LogP) is 9.06. The van der Waals surface area contributed by atoms with Gasteiger partial charge in [-0.2, -0.15) is 0 Å². The summed E-state index contributed by atoms with van der Waals surface area (Å²) in [6.07, 6.45) is 11.3. The van der Waals surface area contributed by atoms with Crippen molar-refractivity contribution in [3.8, 4) is 16.9 Å². The average molecular weight is 457 g/mol. The van der Waals surface area contributed by atoms with Crippen LogP contribution in [-0.4, -0.2) is 5.97 Å². The van der Waals surface area contributed by atoms with Crippen molar-refractivity contribution >= 4 is 5.97 Å². The minimum absolute atomic E-state index is 0.324. The van der Waals surface area contributed by atoms with E-state index in [4.69, 9.17) is 4.74 Å². The zero-order valence-electron chi connectivity index (χ0n) is 21.2. The molecular weight excluding hydrogens is 416 g/mol. The third-order valence-electron chi connectivity index (χ3n) is 6.64. The van der Waals surface area contributed by atoms with Crippen molar-refractivity contribution in [3.63, 3.8) is 0 Å². The van der Waals surface area contributed by atoms with Gasteiger partial charge < -0.3 is 4.74 Å². The molecule has 0 aliphatic heterocycles. The van der Waals surface area contributed by atoms with E-state index >= 15 is 0 Å². The topological polar surface area (TPSA) is 26.3 Å². The van der Waals surface area contributed by atoms with E-state index in [1.807, 2.05) is 48.5 Å². The van der Waals surface area contributed by atoms with Crippen LogP contribution in [0.2, 0.25) is 0 Å². The molecule has 0 amide bonds. The van der Waals surface area contributed by atoms with Crippen LogP contribution in [0.25, 0.3) is 11.1 Å². The molecular formula is C32H40O2. The molecule has 0 saturated heterocycles. The molecule has 1 atom stereocenters. The summed E-state index contributed by atoms with van der Waals surface area (Å²) in [5, 5.41) is 0. The summed E-state index contributed by atoms with van der Waals surface area (Å²) in [4.78, 5) is 12.6. The van der Waals surface area contributed by atoms with Crippen molar-refractivity contribution in [2.45, 2.75) is 78.6 Å². The largest absolute Gasteiger partial charge is 0.423 e. The molecule has 0 fully saturated rings. The fourth-order valence-electron chi connectivity index (χ4n) is 4.18. The standard InChI is InChI=1S/C32H40O2/c1-4-6-7-8-9-10-11-26-12-16-28(17-13-26)29-18-20-30(21-19-29)32(33)34-31-22-14-27(15-23-31)24-25(3)5-2/h12-23,25H,4-11,24H2,1-3H3/t25-/m0/s1. The first-order chi connectivity index (χ1) is 16.6. The lowest BCUT2D eigenvalue weighted by atomic mass is 9.99. The molecule has 3 aromatic carbocycles. The Kier molecular flexibility index (Phi) is 10.4. The zero-order chi connectivity index (χ0) is 24.2. The summed E-state index contributed by atoms with van der Waals surface area (Å²) < 4.78 is 5.58. The second-order valence-electron chi connectivity index (χ2n) is 9.54. The maximum absolute atomic E-state index is 12.6. The molecule has 0 unspecified atom stereocenters. The molecule has 2 heteroatoms. The van der Waals surface area contributed by atoms with Gasteiger partial charge in [-0.1, -0.05) is 108 Å². The van der Waals surface area contributed by atoms with Gasteiger partial charge in [0.15, 0.2) is 0 Å². The van der Waals surface area contributed by atoms with E-state index in [1.165, 1.54) is 55.2 Å². The number of benzene rings is 3. The molecule has 34 heavy (non-hydrogen) atoms. The lowest BCUT2D eigenvalue weighted by Gasteiger charge is -2.10. The van der Waals surface area contributed by atoms with Crippen LogP contribution < -0.4 is 4.74 Å². The number of ether oxygens (including phenoxy) is 1. The van der Waals surface area contributed by atoms with E-state index in [0.717, 1.165) is 24.8 Å². The lowest BCUT2D eigenvalue weighted by Crippen LogP contribution is -2.08. The number of carbonyl (C=O) groups excluding carboxylic acids is 1. The molecule has 3 rings (SSSR count). The average Bonchev–Trinajstić information content (AvgIpc) is 2.87. The summed E-state index contributed by atoms with van der Waals surface area (Å²) in [5.74, 6) is 0.918. The molecule has 0 aliphatic carbocycles. The summed E-state index contributed by atoms with van der Waals surface area (Å²) in [6.45, 7) is 6.72. The van der Waals surface area contributed by atoms with Gasteiger partial charge in [0.2, 0.25) is 0 Å². The van der Waals surface area contributed by atoms with E-state index in [-0.39, 0.29) is 5.97 Å². The second-order valence-corrected chi connectivity index (χ2v) is 9.54. The number of hydrogen-bond acceptors (Lipinski definition) is 2. The minimum atomic E-state index is -0.324. The highest BCUT2D eigenvalue weighted by atomic mass is 16.5. The Labute approximate surface area is 206 Å². The number of carbonyl (C=O) groups is 1. The maximum Gasteiger partial charge on any atom is 0.343 e. The van der Waals surface area contributed by atoms with Gasteiger partial charge in [-0.05, 0) is 71.7 Å². The Morgan fingerprint density at radius 3 is 1.88 bits per heavy atom. The minimum Gasteiger partial charge on any atom is -0.423 e. The molecule has 0 saturated carbocycles. The third-order valence-corrected chi connectivity index (χ3v) is 6.64. The van der Waals surface area contributed by atoms with Crippen molar-refractivity contribution in [2.75, 3.05) is 0 Å². The molecule has 0 aromatic heterocycles. The molecule has 0 aliphatic rings. The zero-order valence-corrected chi connectivity index (χ0v) is 21.2. The van der Waals surface area contributed by atoms with Crippen molar-refractivity contribution in [1.82, 2.24) is 0 Å². The van der Waals surface area contributed by atoms with Crippen LogP contribution in [0.4, 0.5) is 0 Å². The first-order valence-corrected chi connectivity index (χ1v) is 13.1. The molecule has 0 radical (unpaired) electrons. The van der Waals surface area contributed by atoms with Crippen LogP contribution in [-0.2, 0) is 12.8 Å². The van der Waals surface area contributed by atoms with E-state index in [0.29, 0.717) is 17.2 Å². The van der Waals surface area contributed by atoms with Gasteiger partial charge in [0.1, 0.15) is 5.75 Å². The van der Waals surface area contributed by atoms with Gasteiger partial charge in [-0.3, -0.25) is 0 Å². The maximum atomic E-state index is 12.6. The molecule has 180 valence electrons. The fraction of sp³-hybridized carbons (Fsp3) is 0.406. The van der Waals surface area contributed by atoms with Crippen molar-refractivity contribution in [3.05, 3.63) is 89.5 Å². The van der Waals surface area contributed by atoms with E-state index < -0.39 is 0 Å². The van der Waals surface area contributed by atoms with Crippen molar-refractivity contribution in [2.24, 2.45) is 5.92 Å². The number of aryl methyl sites for hydroxylation is 1. The normalized spacial score (nSPS) is 11.9. The third kappa shape index (κ3) is 8.17. The quantitative estimate of drug-likeness (QED) is 0.146. The smallest absolute Gasteiger partial charge is 0.343 e. The summed E-state index contributed by atoms with van der Waals surface area (Å²) in [5.41, 5.74) is 5.51. The number of esters is 1. The number of rotatable bonds is 13. The van der Waals surface area contributed by atoms with Gasteiger partial charge in [0, 0.05) is 0 Å². The summed E-state index contributed by atoms with van der Waals surface area (Å²) in [7, 11) is 0. The van der Waals surface area contributed by atoms with Gasteiger partial charge in [0.05, 0.1) is 5.56 Å². The van der Waals surface area contributed by atoms with Gasteiger partial charge in [-0.15, -0.1) is 0 Å².